The van der Waals surface area contributed by atoms with E-state index >= 15 is 0 Å². The van der Waals surface area contributed by atoms with Crippen LogP contribution in [0.25, 0.3) is 33.2 Å². The van der Waals surface area contributed by atoms with Crippen molar-refractivity contribution in [1.82, 2.24) is 9.55 Å². The predicted octanol–water partition coefficient (Wildman–Crippen LogP) is 5.69. The molecule has 30 heavy (non-hydrogen) atoms. The Morgan fingerprint density at radius 2 is 1.70 bits per heavy atom. The van der Waals surface area contributed by atoms with Crippen LogP contribution in [0.2, 0.25) is 0 Å². The number of carbonyl (C=O) groups is 1. The van der Waals surface area contributed by atoms with E-state index in [-0.39, 0.29) is 5.91 Å². The third kappa shape index (κ3) is 2.92. The molecule has 0 saturated heterocycles. The molecule has 1 heterocycles. The summed E-state index contributed by atoms with van der Waals surface area (Å²) < 4.78 is 20.6. The van der Waals surface area contributed by atoms with Crippen LogP contribution in [-0.4, -0.2) is 22.6 Å². The first kappa shape index (κ1) is 18.1. The van der Waals surface area contributed by atoms with Gasteiger partial charge >= 0.3 is 0 Å². The normalized spacial score (nSPS) is 11.1. The lowest BCUT2D eigenvalue weighted by molar-refractivity contribution is 0.0966. The zero-order chi connectivity index (χ0) is 20.7. The van der Waals surface area contributed by atoms with E-state index in [0.717, 1.165) is 16.3 Å². The minimum atomic E-state index is -0.395. The van der Waals surface area contributed by atoms with Crippen LogP contribution in [0.1, 0.15) is 10.4 Å². The molecule has 0 aliphatic rings. The van der Waals surface area contributed by atoms with Crippen LogP contribution in [-0.2, 0) is 0 Å². The topological polar surface area (TPSA) is 44.1 Å². The molecule has 0 radical (unpaired) electrons. The van der Waals surface area contributed by atoms with E-state index in [1.54, 1.807) is 42.0 Å². The molecule has 0 bridgehead atoms. The molecule has 0 fully saturated rings. The summed E-state index contributed by atoms with van der Waals surface area (Å²) in [5.41, 5.74) is 2.28. The van der Waals surface area contributed by atoms with E-state index in [2.05, 4.69) is 4.98 Å². The van der Waals surface area contributed by atoms with Gasteiger partial charge in [0, 0.05) is 17.2 Å². The molecule has 5 rings (SSSR count). The molecule has 0 aliphatic heterocycles. The summed E-state index contributed by atoms with van der Waals surface area (Å²) >= 11 is 0. The van der Waals surface area contributed by atoms with E-state index in [0.29, 0.717) is 28.2 Å². The third-order valence-corrected chi connectivity index (χ3v) is 5.19. The predicted molar refractivity (Wildman–Crippen MR) is 115 cm³/mol. The number of imidazole rings is 1. The highest BCUT2D eigenvalue weighted by atomic mass is 19.1. The van der Waals surface area contributed by atoms with E-state index in [1.807, 2.05) is 42.5 Å². The quantitative estimate of drug-likeness (QED) is 0.393. The molecule has 5 aromatic rings. The molecule has 0 amide bonds. The van der Waals surface area contributed by atoms with Crippen LogP contribution in [0.15, 0.2) is 84.9 Å². The maximum atomic E-state index is 13.9. The van der Waals surface area contributed by atoms with Gasteiger partial charge in [-0.25, -0.2) is 9.37 Å². The number of aromatic nitrogens is 2. The number of fused-ring (bicyclic) bond motifs is 2. The Morgan fingerprint density at radius 1 is 0.933 bits per heavy atom. The van der Waals surface area contributed by atoms with Gasteiger partial charge in [0.2, 0.25) is 0 Å². The summed E-state index contributed by atoms with van der Waals surface area (Å²) in [6, 6.07) is 25.0. The van der Waals surface area contributed by atoms with Gasteiger partial charge in [0.05, 0.1) is 18.1 Å². The first-order valence-corrected chi connectivity index (χ1v) is 9.50. The molecule has 146 valence electrons. The van der Waals surface area contributed by atoms with Crippen molar-refractivity contribution in [3.05, 3.63) is 96.3 Å². The molecule has 5 heteroatoms. The first-order valence-electron chi connectivity index (χ1n) is 9.50. The summed E-state index contributed by atoms with van der Waals surface area (Å²) in [7, 11) is 1.58. The molecular weight excluding hydrogens is 379 g/mol. The minimum absolute atomic E-state index is 0.241. The largest absolute Gasteiger partial charge is 0.497 e. The smallest absolute Gasteiger partial charge is 0.264 e. The SMILES string of the molecule is COc1ccc(C(=O)n2c(-c3cccc4ccccc34)nc3cc(F)ccc32)cc1. The summed E-state index contributed by atoms with van der Waals surface area (Å²) in [5.74, 6) is 0.509. The Balaban J connectivity index is 1.79. The van der Waals surface area contributed by atoms with Crippen LogP contribution < -0.4 is 4.74 Å². The monoisotopic (exact) mass is 396 g/mol. The number of carbonyl (C=O) groups excluding carboxylic acids is 1. The Kier molecular flexibility index (Phi) is 4.29. The first-order chi connectivity index (χ1) is 14.7. The number of rotatable bonds is 3. The lowest BCUT2D eigenvalue weighted by Gasteiger charge is -2.11. The Hall–Kier alpha value is -3.99. The van der Waals surface area contributed by atoms with Gasteiger partial charge in [-0.2, -0.15) is 0 Å². The second-order valence-corrected chi connectivity index (χ2v) is 6.96. The van der Waals surface area contributed by atoms with Crippen LogP contribution in [0, 0.1) is 5.82 Å². The molecule has 0 unspecified atom stereocenters. The van der Waals surface area contributed by atoms with Gasteiger partial charge < -0.3 is 4.74 Å². The average molecular weight is 396 g/mol. The van der Waals surface area contributed by atoms with Gasteiger partial charge in [0.15, 0.2) is 0 Å². The molecule has 0 N–H and O–H groups in total. The highest BCUT2D eigenvalue weighted by Crippen LogP contribution is 2.32. The lowest BCUT2D eigenvalue weighted by atomic mass is 10.0. The van der Waals surface area contributed by atoms with Crippen LogP contribution in [0.3, 0.4) is 0 Å². The van der Waals surface area contributed by atoms with Gasteiger partial charge in [0.1, 0.15) is 17.4 Å². The second-order valence-electron chi connectivity index (χ2n) is 6.96. The van der Waals surface area contributed by atoms with Crippen LogP contribution in [0.5, 0.6) is 5.75 Å². The fourth-order valence-corrected chi connectivity index (χ4v) is 3.72. The molecule has 4 nitrogen and oxygen atoms in total. The van der Waals surface area contributed by atoms with Gasteiger partial charge in [-0.15, -0.1) is 0 Å². The number of benzene rings is 4. The standard InChI is InChI=1S/C25H17FN2O2/c1-30-19-12-9-17(10-13-19)25(29)28-23-14-11-18(26)15-22(23)27-24(28)21-8-4-6-16-5-2-3-7-20(16)21/h2-15H,1H3. The second kappa shape index (κ2) is 7.12. The molecule has 1 aromatic heterocycles. The van der Waals surface area contributed by atoms with Crippen molar-refractivity contribution >= 4 is 27.7 Å². The van der Waals surface area contributed by atoms with E-state index in [1.165, 1.54) is 12.1 Å². The number of hydrogen-bond acceptors (Lipinski definition) is 3. The molecule has 0 atom stereocenters. The molecule has 0 aliphatic carbocycles. The summed E-state index contributed by atoms with van der Waals surface area (Å²) in [6.45, 7) is 0. The van der Waals surface area contributed by atoms with Crippen molar-refractivity contribution in [1.29, 1.82) is 0 Å². The van der Waals surface area contributed by atoms with Crippen LogP contribution in [0.4, 0.5) is 4.39 Å². The van der Waals surface area contributed by atoms with Crippen molar-refractivity contribution in [2.75, 3.05) is 7.11 Å². The average Bonchev–Trinajstić information content (AvgIpc) is 3.16. The third-order valence-electron chi connectivity index (χ3n) is 5.19. The van der Waals surface area contributed by atoms with Crippen molar-refractivity contribution in [3.8, 4) is 17.1 Å². The van der Waals surface area contributed by atoms with E-state index in [4.69, 9.17) is 4.74 Å². The minimum Gasteiger partial charge on any atom is -0.497 e. The zero-order valence-electron chi connectivity index (χ0n) is 16.2. The fraction of sp³-hybridized carbons (Fsp3) is 0.0400. The Labute approximate surface area is 172 Å². The van der Waals surface area contributed by atoms with Crippen LogP contribution >= 0.6 is 0 Å². The highest BCUT2D eigenvalue weighted by molar-refractivity contribution is 6.06. The summed E-state index contributed by atoms with van der Waals surface area (Å²) in [4.78, 5) is 18.2. The Morgan fingerprint density at radius 3 is 2.50 bits per heavy atom. The fourth-order valence-electron chi connectivity index (χ4n) is 3.72. The highest BCUT2D eigenvalue weighted by Gasteiger charge is 2.21. The molecular formula is C25H17FN2O2. The number of halogens is 1. The number of hydrogen-bond donors (Lipinski definition) is 0. The van der Waals surface area contributed by atoms with Gasteiger partial charge in [-0.05, 0) is 47.2 Å². The van der Waals surface area contributed by atoms with Crippen molar-refractivity contribution in [2.45, 2.75) is 0 Å². The number of methoxy groups -OCH3 is 1. The maximum Gasteiger partial charge on any atom is 0.264 e. The van der Waals surface area contributed by atoms with E-state index in [9.17, 15) is 9.18 Å². The van der Waals surface area contributed by atoms with Crippen molar-refractivity contribution < 1.29 is 13.9 Å². The summed E-state index contributed by atoms with van der Waals surface area (Å²) in [5, 5.41) is 2.01. The van der Waals surface area contributed by atoms with Crippen molar-refractivity contribution in [3.63, 3.8) is 0 Å². The van der Waals surface area contributed by atoms with Crippen molar-refractivity contribution in [2.24, 2.45) is 0 Å². The maximum absolute atomic E-state index is 13.9. The van der Waals surface area contributed by atoms with Gasteiger partial charge in [-0.1, -0.05) is 42.5 Å². The number of nitrogens with zero attached hydrogens (tertiary/aromatic N) is 2. The Bertz CT molecular complexity index is 1400. The van der Waals surface area contributed by atoms with Gasteiger partial charge in [-0.3, -0.25) is 9.36 Å². The van der Waals surface area contributed by atoms with E-state index < -0.39 is 5.82 Å². The summed E-state index contributed by atoms with van der Waals surface area (Å²) in [6.07, 6.45) is 0. The zero-order valence-corrected chi connectivity index (χ0v) is 16.2. The number of ether oxygens (including phenoxy) is 1. The lowest BCUT2D eigenvalue weighted by Crippen LogP contribution is -2.13. The molecule has 4 aromatic carbocycles. The van der Waals surface area contributed by atoms with Gasteiger partial charge in [0.25, 0.3) is 5.91 Å². The molecule has 0 spiro atoms. The molecule has 0 saturated carbocycles.